The van der Waals surface area contributed by atoms with Crippen LogP contribution in [0.4, 0.5) is 10.1 Å². The van der Waals surface area contributed by atoms with Crippen LogP contribution in [-0.4, -0.2) is 31.0 Å². The summed E-state index contributed by atoms with van der Waals surface area (Å²) >= 11 is 0. The summed E-state index contributed by atoms with van der Waals surface area (Å²) in [4.78, 5) is 12.2. The van der Waals surface area contributed by atoms with Gasteiger partial charge in [0.05, 0.1) is 23.2 Å². The third kappa shape index (κ3) is 7.67. The maximum absolute atomic E-state index is 14.3. The summed E-state index contributed by atoms with van der Waals surface area (Å²) in [7, 11) is 0. The molecule has 0 saturated heterocycles. The summed E-state index contributed by atoms with van der Waals surface area (Å²) in [6, 6.07) is 11.2. The Morgan fingerprint density at radius 1 is 1.14 bits per heavy atom. The van der Waals surface area contributed by atoms with E-state index in [0.717, 1.165) is 28.3 Å². The van der Waals surface area contributed by atoms with Gasteiger partial charge in [-0.1, -0.05) is 13.0 Å². The monoisotopic (exact) mass is 477 g/mol. The van der Waals surface area contributed by atoms with Crippen LogP contribution in [0, 0.1) is 31.0 Å². The number of benzene rings is 1. The molecule has 3 aromatic rings. The van der Waals surface area contributed by atoms with E-state index in [1.165, 1.54) is 18.9 Å². The molecule has 0 spiro atoms. The highest BCUT2D eigenvalue weighted by molar-refractivity contribution is 5.96. The van der Waals surface area contributed by atoms with Crippen molar-refractivity contribution >= 4 is 16.8 Å². The maximum atomic E-state index is 14.3. The number of aromatic nitrogens is 3. The minimum atomic E-state index is -0.265. The van der Waals surface area contributed by atoms with Crippen molar-refractivity contribution < 1.29 is 14.9 Å². The van der Waals surface area contributed by atoms with Gasteiger partial charge in [0, 0.05) is 17.9 Å². The third-order valence-corrected chi connectivity index (χ3v) is 5.82. The Morgan fingerprint density at radius 2 is 1.80 bits per heavy atom. The lowest BCUT2D eigenvalue weighted by Gasteiger charge is -2.14. The molecule has 7 nitrogen and oxygen atoms in total. The second-order valence-corrected chi connectivity index (χ2v) is 8.64. The third-order valence-electron chi connectivity index (χ3n) is 5.82. The van der Waals surface area contributed by atoms with E-state index in [0.29, 0.717) is 23.1 Å². The molecule has 1 fully saturated rings. The van der Waals surface area contributed by atoms with Gasteiger partial charge in [-0.2, -0.15) is 5.26 Å². The Labute approximate surface area is 206 Å². The molecule has 0 radical (unpaired) electrons. The number of hydrogen-bond acceptors (Lipinski definition) is 7. The van der Waals surface area contributed by atoms with E-state index < -0.39 is 0 Å². The zero-order valence-corrected chi connectivity index (χ0v) is 20.8. The van der Waals surface area contributed by atoms with E-state index in [4.69, 9.17) is 10.5 Å². The molecule has 1 aromatic carbocycles. The van der Waals surface area contributed by atoms with Gasteiger partial charge in [-0.15, -0.1) is 0 Å². The minimum Gasteiger partial charge on any atom is -0.379 e. The summed E-state index contributed by atoms with van der Waals surface area (Å²) in [5.41, 5.74) is 5.33. The number of nitriles is 1. The van der Waals surface area contributed by atoms with E-state index >= 15 is 0 Å². The van der Waals surface area contributed by atoms with Crippen molar-refractivity contribution in [3.63, 3.8) is 0 Å². The van der Waals surface area contributed by atoms with Gasteiger partial charge < -0.3 is 5.32 Å². The van der Waals surface area contributed by atoms with Crippen LogP contribution in [0.15, 0.2) is 48.9 Å². The van der Waals surface area contributed by atoms with E-state index in [2.05, 4.69) is 33.3 Å². The fourth-order valence-electron chi connectivity index (χ4n) is 3.48. The van der Waals surface area contributed by atoms with Gasteiger partial charge in [0.1, 0.15) is 17.7 Å². The van der Waals surface area contributed by atoms with Crippen molar-refractivity contribution in [2.75, 3.05) is 5.32 Å². The molecule has 0 bridgehead atoms. The summed E-state index contributed by atoms with van der Waals surface area (Å²) in [6.45, 7) is 9.75. The Kier molecular flexibility index (Phi) is 10.0. The molecule has 0 unspecified atom stereocenters. The second-order valence-electron chi connectivity index (χ2n) is 8.64. The Bertz CT molecular complexity index is 1180. The number of nitrogens with zero attached hydrogens (tertiary/aromatic N) is 4. The number of halogens is 1. The molecule has 1 aliphatic rings. The topological polar surface area (TPSA) is 115 Å². The average molecular weight is 478 g/mol. The molecule has 0 atom stereocenters. The number of aryl methyl sites for hydroxylation is 3. The van der Waals surface area contributed by atoms with Crippen molar-refractivity contribution in [2.45, 2.75) is 59.4 Å². The van der Waals surface area contributed by atoms with E-state index in [9.17, 15) is 9.65 Å². The van der Waals surface area contributed by atoms with Crippen LogP contribution in [0.2, 0.25) is 0 Å². The number of allylic oxidation sites excluding steroid dienone is 2. The predicted octanol–water partition coefficient (Wildman–Crippen LogP) is 6.31. The zero-order valence-electron chi connectivity index (χ0n) is 20.8. The van der Waals surface area contributed by atoms with Gasteiger partial charge >= 0.3 is 0 Å². The van der Waals surface area contributed by atoms with Crippen LogP contribution >= 0.6 is 0 Å². The Balaban J connectivity index is 0.000000407. The normalized spacial score (nSPS) is 13.7. The van der Waals surface area contributed by atoms with Gasteiger partial charge in [-0.3, -0.25) is 15.5 Å². The van der Waals surface area contributed by atoms with Gasteiger partial charge in [-0.05, 0) is 93.5 Å². The van der Waals surface area contributed by atoms with Crippen LogP contribution in [-0.2, 0) is 6.42 Å². The molecule has 1 aliphatic carbocycles. The number of hydrogen-bond donors (Lipinski definition) is 3. The molecule has 0 amide bonds. The molecule has 8 heteroatoms. The molecule has 1 saturated carbocycles. The minimum absolute atomic E-state index is 0.196. The average Bonchev–Trinajstić information content (AvgIpc) is 3.60. The molecular formula is C27H32FN5O2. The first-order valence-electron chi connectivity index (χ1n) is 11.3. The number of rotatable bonds is 5. The van der Waals surface area contributed by atoms with Crippen molar-refractivity contribution in [3.8, 4) is 6.07 Å². The first kappa shape index (κ1) is 27.6. The molecule has 0 aliphatic heterocycles. The summed E-state index contributed by atoms with van der Waals surface area (Å²) in [6.07, 6.45) is 8.22. The molecule has 184 valence electrons. The molecular weight excluding hydrogens is 445 g/mol. The number of anilines is 1. The quantitative estimate of drug-likeness (QED) is 0.224. The van der Waals surface area contributed by atoms with Gasteiger partial charge in [0.15, 0.2) is 0 Å². The highest BCUT2D eigenvalue weighted by Crippen LogP contribution is 2.38. The smallest absolute Gasteiger partial charge is 0.127 e. The van der Waals surface area contributed by atoms with Gasteiger partial charge in [-0.25, -0.2) is 14.4 Å². The first-order chi connectivity index (χ1) is 16.8. The fraction of sp³-hybridized carbons (Fsp3) is 0.333. The van der Waals surface area contributed by atoms with Crippen LogP contribution in [0.5, 0.6) is 0 Å². The predicted molar refractivity (Wildman–Crippen MR) is 136 cm³/mol. The standard InChI is InChI=1S/C22H24FN3.C5H6N2.H2O2/c1-5-16-10-14(2)18(11-20(16)23)19(12-24)15(3)21-7-6-17(13-25-21)26-22(4)8-9-22;1-5-6-3-2-4-7-5;1-2/h6-7,10-11,13,26H,5,8-9H2,1-4H3;2-4H,1H3;1-2H/b19-15+;;. The van der Waals surface area contributed by atoms with Crippen LogP contribution in [0.25, 0.3) is 11.1 Å². The van der Waals surface area contributed by atoms with Gasteiger partial charge in [0.25, 0.3) is 0 Å². The summed E-state index contributed by atoms with van der Waals surface area (Å²) in [5, 5.41) is 25.2. The molecule has 3 N–H and O–H groups in total. The lowest BCUT2D eigenvalue weighted by molar-refractivity contribution is -0.176. The van der Waals surface area contributed by atoms with Crippen molar-refractivity contribution in [1.29, 1.82) is 5.26 Å². The summed E-state index contributed by atoms with van der Waals surface area (Å²) < 4.78 is 14.3. The Hall–Kier alpha value is -3.67. The van der Waals surface area contributed by atoms with Crippen LogP contribution in [0.1, 0.15) is 61.8 Å². The zero-order chi connectivity index (χ0) is 26.0. The fourth-order valence-corrected chi connectivity index (χ4v) is 3.48. The van der Waals surface area contributed by atoms with Crippen LogP contribution in [0.3, 0.4) is 0 Å². The van der Waals surface area contributed by atoms with E-state index in [1.54, 1.807) is 24.7 Å². The molecule has 2 aromatic heterocycles. The summed E-state index contributed by atoms with van der Waals surface area (Å²) in [5.74, 6) is 0.557. The maximum Gasteiger partial charge on any atom is 0.127 e. The van der Waals surface area contributed by atoms with Crippen molar-refractivity contribution in [2.24, 2.45) is 0 Å². The van der Waals surface area contributed by atoms with Crippen LogP contribution < -0.4 is 5.32 Å². The van der Waals surface area contributed by atoms with Gasteiger partial charge in [0.2, 0.25) is 0 Å². The second kappa shape index (κ2) is 12.7. The molecule has 4 rings (SSSR count). The Morgan fingerprint density at radius 3 is 2.26 bits per heavy atom. The SMILES string of the molecule is CCc1cc(C)c(/C(C#N)=C(\C)c2ccc(NC3(C)CC3)cn2)cc1F.Cc1ncccn1.OO. The lowest BCUT2D eigenvalue weighted by Crippen LogP contribution is -2.15. The number of pyridine rings is 1. The molecule has 35 heavy (non-hydrogen) atoms. The molecule has 2 heterocycles. The highest BCUT2D eigenvalue weighted by Gasteiger charge is 2.37. The lowest BCUT2D eigenvalue weighted by atomic mass is 9.93. The van der Waals surface area contributed by atoms with Crippen molar-refractivity contribution in [1.82, 2.24) is 15.0 Å². The first-order valence-corrected chi connectivity index (χ1v) is 11.3. The van der Waals surface area contributed by atoms with Crippen molar-refractivity contribution in [3.05, 3.63) is 82.9 Å². The highest BCUT2D eigenvalue weighted by atomic mass is 19.1. The van der Waals surface area contributed by atoms with E-state index in [1.807, 2.05) is 45.9 Å². The largest absolute Gasteiger partial charge is 0.379 e. The number of nitrogens with one attached hydrogen (secondary N) is 1. The van der Waals surface area contributed by atoms with E-state index in [-0.39, 0.29) is 11.4 Å².